The van der Waals surface area contributed by atoms with Crippen LogP contribution in [0.5, 0.6) is 0 Å². The zero-order valence-corrected chi connectivity index (χ0v) is 11.0. The average Bonchev–Trinajstić information content (AvgIpc) is 2.14. The molecule has 93 valence electrons. The molecule has 1 heterocycles. The summed E-state index contributed by atoms with van der Waals surface area (Å²) in [6, 6.07) is 0. The van der Waals surface area contributed by atoms with Crippen molar-refractivity contribution in [3.63, 3.8) is 0 Å². The first-order chi connectivity index (χ1) is 7.32. The molecule has 1 radical (unpaired) electrons. The molecule has 16 heavy (non-hydrogen) atoms. The molecular weight excluding hydrogens is 202 g/mol. The highest BCUT2D eigenvalue weighted by molar-refractivity contribution is 5.81. The van der Waals surface area contributed by atoms with Crippen molar-refractivity contribution in [3.8, 4) is 0 Å². The van der Waals surface area contributed by atoms with Gasteiger partial charge in [0.25, 0.3) is 0 Å². The molecule has 1 fully saturated rings. The quantitative estimate of drug-likeness (QED) is 0.691. The van der Waals surface area contributed by atoms with Crippen molar-refractivity contribution in [1.29, 1.82) is 0 Å². The molecule has 0 amide bonds. The van der Waals surface area contributed by atoms with Gasteiger partial charge in [-0.15, -0.1) is 10.3 Å². The Morgan fingerprint density at radius 2 is 1.81 bits per heavy atom. The number of carbonyl (C=O) groups excluding carboxylic acids is 1. The second-order valence-corrected chi connectivity index (χ2v) is 5.95. The van der Waals surface area contributed by atoms with Gasteiger partial charge in [0.1, 0.15) is 5.78 Å². The van der Waals surface area contributed by atoms with Gasteiger partial charge in [0.2, 0.25) is 0 Å². The standard InChI is InChI=1S/C13H24NO2/c1-5-6-7-8-13(4)10-11(15)9-12(2,3)14(13)16/h5-10H2,1-4H3. The summed E-state index contributed by atoms with van der Waals surface area (Å²) < 4.78 is 0. The van der Waals surface area contributed by atoms with Gasteiger partial charge in [0, 0.05) is 12.8 Å². The molecule has 1 aliphatic rings. The molecule has 0 aromatic heterocycles. The van der Waals surface area contributed by atoms with E-state index < -0.39 is 11.1 Å². The van der Waals surface area contributed by atoms with Crippen LogP contribution in [0.4, 0.5) is 0 Å². The van der Waals surface area contributed by atoms with Crippen LogP contribution in [-0.2, 0) is 10.0 Å². The summed E-state index contributed by atoms with van der Waals surface area (Å²) in [6.07, 6.45) is 4.96. The third-order valence-electron chi connectivity index (χ3n) is 3.57. The summed E-state index contributed by atoms with van der Waals surface area (Å²) in [4.78, 5) is 11.7. The molecule has 3 heteroatoms. The number of nitrogens with zero attached hydrogens (tertiary/aromatic N) is 1. The Kier molecular flexibility index (Phi) is 4.13. The lowest BCUT2D eigenvalue weighted by Crippen LogP contribution is -2.59. The minimum atomic E-state index is -0.531. The van der Waals surface area contributed by atoms with Crippen LogP contribution in [0.15, 0.2) is 0 Å². The molecule has 0 spiro atoms. The molecule has 0 aromatic rings. The maximum Gasteiger partial charge on any atom is 0.136 e. The highest BCUT2D eigenvalue weighted by Gasteiger charge is 2.47. The van der Waals surface area contributed by atoms with Crippen LogP contribution in [-0.4, -0.2) is 21.9 Å². The van der Waals surface area contributed by atoms with E-state index in [2.05, 4.69) is 6.92 Å². The van der Waals surface area contributed by atoms with E-state index in [-0.39, 0.29) is 5.78 Å². The van der Waals surface area contributed by atoms with Crippen LogP contribution in [0.3, 0.4) is 0 Å². The van der Waals surface area contributed by atoms with E-state index >= 15 is 0 Å². The number of hydrogen-bond donors (Lipinski definition) is 0. The fourth-order valence-electron chi connectivity index (χ4n) is 2.79. The fraction of sp³-hybridized carbons (Fsp3) is 0.923. The first-order valence-corrected chi connectivity index (χ1v) is 6.31. The molecule has 0 saturated carbocycles. The molecule has 1 atom stereocenters. The van der Waals surface area contributed by atoms with E-state index in [4.69, 9.17) is 0 Å². The summed E-state index contributed by atoms with van der Waals surface area (Å²) in [7, 11) is 0. The molecule has 0 bridgehead atoms. The molecule has 0 N–H and O–H groups in total. The Bertz CT molecular complexity index is 263. The van der Waals surface area contributed by atoms with Crippen molar-refractivity contribution in [2.45, 2.75) is 77.3 Å². The topological polar surface area (TPSA) is 40.2 Å². The first kappa shape index (κ1) is 13.7. The summed E-state index contributed by atoms with van der Waals surface area (Å²) >= 11 is 0. The summed E-state index contributed by atoms with van der Waals surface area (Å²) in [6.45, 7) is 7.83. The highest BCUT2D eigenvalue weighted by atomic mass is 16.5. The van der Waals surface area contributed by atoms with Gasteiger partial charge in [0.05, 0.1) is 11.1 Å². The monoisotopic (exact) mass is 226 g/mol. The lowest BCUT2D eigenvalue weighted by atomic mass is 9.77. The highest BCUT2D eigenvalue weighted by Crippen LogP contribution is 2.38. The third-order valence-corrected chi connectivity index (χ3v) is 3.57. The zero-order chi connectivity index (χ0) is 12.4. The van der Waals surface area contributed by atoms with E-state index in [0.29, 0.717) is 12.8 Å². The Hall–Kier alpha value is -0.410. The van der Waals surface area contributed by atoms with Crippen molar-refractivity contribution < 1.29 is 10.0 Å². The van der Waals surface area contributed by atoms with Crippen molar-refractivity contribution in [2.75, 3.05) is 0 Å². The second kappa shape index (κ2) is 4.84. The molecule has 1 unspecified atom stereocenters. The van der Waals surface area contributed by atoms with Crippen LogP contribution >= 0.6 is 0 Å². The number of unbranched alkanes of at least 4 members (excludes halogenated alkanes) is 2. The van der Waals surface area contributed by atoms with Gasteiger partial charge in [-0.25, -0.2) is 0 Å². The van der Waals surface area contributed by atoms with Crippen LogP contribution in [0.25, 0.3) is 0 Å². The second-order valence-electron chi connectivity index (χ2n) is 5.95. The number of rotatable bonds is 4. The minimum Gasteiger partial charge on any atom is -0.300 e. The number of carbonyl (C=O) groups is 1. The Morgan fingerprint density at radius 1 is 1.19 bits per heavy atom. The molecule has 1 rings (SSSR count). The maximum atomic E-state index is 12.3. The van der Waals surface area contributed by atoms with E-state index in [1.54, 1.807) is 0 Å². The fourth-order valence-corrected chi connectivity index (χ4v) is 2.79. The lowest BCUT2D eigenvalue weighted by Gasteiger charge is -2.47. The third kappa shape index (κ3) is 2.83. The largest absolute Gasteiger partial charge is 0.300 e. The summed E-state index contributed by atoms with van der Waals surface area (Å²) in [5.74, 6) is 0.232. The Labute approximate surface area is 98.8 Å². The molecule has 1 saturated heterocycles. The van der Waals surface area contributed by atoms with Gasteiger partial charge < -0.3 is 0 Å². The Morgan fingerprint density at radius 3 is 2.38 bits per heavy atom. The van der Waals surface area contributed by atoms with Crippen molar-refractivity contribution in [3.05, 3.63) is 0 Å². The number of Topliss-reactive ketones (excluding diaryl/α,β-unsaturated/α-hetero) is 1. The first-order valence-electron chi connectivity index (χ1n) is 6.31. The predicted molar refractivity (Wildman–Crippen MR) is 63.4 cm³/mol. The molecule has 1 aliphatic heterocycles. The minimum absolute atomic E-state index is 0.232. The van der Waals surface area contributed by atoms with Crippen LogP contribution in [0.1, 0.15) is 66.2 Å². The number of piperidine rings is 1. The SMILES string of the molecule is CCCCCC1(C)CC(=O)CC(C)(C)N1[O]. The summed E-state index contributed by atoms with van der Waals surface area (Å²) in [5, 5.41) is 13.5. The molecular formula is C13H24NO2. The van der Waals surface area contributed by atoms with Gasteiger partial charge in [0.15, 0.2) is 0 Å². The van der Waals surface area contributed by atoms with Gasteiger partial charge in [-0.3, -0.25) is 4.79 Å². The predicted octanol–water partition coefficient (Wildman–Crippen LogP) is 3.11. The van der Waals surface area contributed by atoms with Gasteiger partial charge >= 0.3 is 0 Å². The lowest BCUT2D eigenvalue weighted by molar-refractivity contribution is -0.286. The Balaban J connectivity index is 2.72. The smallest absolute Gasteiger partial charge is 0.136 e. The van der Waals surface area contributed by atoms with Crippen LogP contribution in [0, 0.1) is 0 Å². The average molecular weight is 226 g/mol. The van der Waals surface area contributed by atoms with E-state index in [0.717, 1.165) is 25.7 Å². The van der Waals surface area contributed by atoms with E-state index in [9.17, 15) is 10.0 Å². The van der Waals surface area contributed by atoms with E-state index in [1.807, 2.05) is 20.8 Å². The van der Waals surface area contributed by atoms with Crippen molar-refractivity contribution in [1.82, 2.24) is 5.06 Å². The number of hydrogen-bond acceptors (Lipinski definition) is 2. The van der Waals surface area contributed by atoms with Crippen LogP contribution < -0.4 is 0 Å². The normalized spacial score (nSPS) is 30.7. The maximum absolute atomic E-state index is 12.3. The molecule has 0 aliphatic carbocycles. The van der Waals surface area contributed by atoms with Crippen molar-refractivity contribution in [2.24, 2.45) is 0 Å². The van der Waals surface area contributed by atoms with Gasteiger partial charge in [-0.05, 0) is 27.2 Å². The number of ketones is 1. The van der Waals surface area contributed by atoms with Gasteiger partial charge in [-0.1, -0.05) is 26.2 Å². The van der Waals surface area contributed by atoms with Gasteiger partial charge in [-0.2, -0.15) is 0 Å². The molecule has 0 aromatic carbocycles. The molecule has 3 nitrogen and oxygen atoms in total. The summed E-state index contributed by atoms with van der Waals surface area (Å²) in [5.41, 5.74) is -1.01. The van der Waals surface area contributed by atoms with E-state index in [1.165, 1.54) is 5.06 Å². The zero-order valence-electron chi connectivity index (χ0n) is 11.0. The van der Waals surface area contributed by atoms with Crippen LogP contribution in [0.2, 0.25) is 0 Å². The number of hydroxylamine groups is 2. The van der Waals surface area contributed by atoms with Crippen molar-refractivity contribution >= 4 is 5.78 Å².